The number of nitrogens with two attached hydrogens (primary N) is 1. The zero-order valence-electron chi connectivity index (χ0n) is 10.2. The third kappa shape index (κ3) is 5.38. The second-order valence-corrected chi connectivity index (χ2v) is 4.60. The van der Waals surface area contributed by atoms with E-state index in [1.807, 2.05) is 27.7 Å². The molecule has 0 spiro atoms. The fourth-order valence-corrected chi connectivity index (χ4v) is 0.955. The zero-order valence-corrected chi connectivity index (χ0v) is 10.2. The van der Waals surface area contributed by atoms with Crippen LogP contribution in [0, 0.1) is 17.4 Å². The van der Waals surface area contributed by atoms with Crippen molar-refractivity contribution >= 4 is 5.97 Å². The second-order valence-electron chi connectivity index (χ2n) is 4.60. The van der Waals surface area contributed by atoms with Gasteiger partial charge in [-0.2, -0.15) is 0 Å². The van der Waals surface area contributed by atoms with Gasteiger partial charge >= 0.3 is 5.97 Å². The minimum absolute atomic E-state index is 0.0874. The highest BCUT2D eigenvalue weighted by Crippen LogP contribution is 2.14. The summed E-state index contributed by atoms with van der Waals surface area (Å²) in [6.45, 7) is 7.82. The molecule has 0 amide bonds. The topological polar surface area (TPSA) is 56.7 Å². The highest BCUT2D eigenvalue weighted by Gasteiger charge is 2.26. The standard InChI is InChI=1S/C11H21N2O2/c1-8(2)9(12)10(14)15-7-11(3,4)6-13-5/h8-9H,7,12H2,1-5H3/q+1. The molecule has 0 aromatic heterocycles. The van der Waals surface area contributed by atoms with Gasteiger partial charge in [0.15, 0.2) is 0 Å². The van der Waals surface area contributed by atoms with Crippen LogP contribution in [0.5, 0.6) is 0 Å². The number of nitrogens with zero attached hydrogens (tertiary/aromatic N) is 1. The van der Waals surface area contributed by atoms with E-state index in [2.05, 4.69) is 10.9 Å². The number of rotatable bonds is 4. The number of ether oxygens (including phenoxy) is 1. The van der Waals surface area contributed by atoms with Crippen molar-refractivity contribution in [1.82, 2.24) is 0 Å². The molecule has 0 radical (unpaired) electrons. The Morgan fingerprint density at radius 3 is 2.47 bits per heavy atom. The third-order valence-electron chi connectivity index (χ3n) is 1.98. The lowest BCUT2D eigenvalue weighted by atomic mass is 9.97. The van der Waals surface area contributed by atoms with E-state index in [9.17, 15) is 4.79 Å². The lowest BCUT2D eigenvalue weighted by molar-refractivity contribution is -0.148. The summed E-state index contributed by atoms with van der Waals surface area (Å²) in [7, 11) is 1.64. The number of hydrogen-bond acceptors (Lipinski definition) is 3. The molecule has 0 aliphatic carbocycles. The summed E-state index contributed by atoms with van der Waals surface area (Å²) in [6, 6.07) is 2.30. The second kappa shape index (κ2) is 5.72. The molecule has 15 heavy (non-hydrogen) atoms. The van der Waals surface area contributed by atoms with Gasteiger partial charge in [-0.25, -0.2) is 0 Å². The van der Waals surface area contributed by atoms with Gasteiger partial charge in [0, 0.05) is 0 Å². The molecule has 0 aliphatic rings. The van der Waals surface area contributed by atoms with Crippen LogP contribution >= 0.6 is 0 Å². The van der Waals surface area contributed by atoms with Crippen molar-refractivity contribution in [2.45, 2.75) is 33.7 Å². The number of carbonyl (C=O) groups excluding carboxylic acids is 1. The molecule has 0 heterocycles. The maximum Gasteiger partial charge on any atom is 0.323 e. The molecule has 0 rings (SSSR count). The molecule has 1 unspecified atom stereocenters. The van der Waals surface area contributed by atoms with Crippen molar-refractivity contribution in [3.8, 4) is 6.07 Å². The Kier molecular flexibility index (Phi) is 5.31. The van der Waals surface area contributed by atoms with Crippen LogP contribution in [0.25, 0.3) is 4.85 Å². The maximum absolute atomic E-state index is 11.4. The predicted molar refractivity (Wildman–Crippen MR) is 60.7 cm³/mol. The Balaban J connectivity index is 4.15. The Hall–Kier alpha value is -1.08. The maximum atomic E-state index is 11.4. The highest BCUT2D eigenvalue weighted by molar-refractivity contribution is 5.75. The minimum Gasteiger partial charge on any atom is -0.463 e. The Bertz CT molecular complexity index is 274. The van der Waals surface area contributed by atoms with Crippen molar-refractivity contribution in [2.75, 3.05) is 13.7 Å². The summed E-state index contributed by atoms with van der Waals surface area (Å²) in [5.74, 6) is -0.277. The molecule has 4 heteroatoms. The number of hydrogen-bond donors (Lipinski definition) is 1. The van der Waals surface area contributed by atoms with Crippen molar-refractivity contribution in [2.24, 2.45) is 17.1 Å². The first-order valence-electron chi connectivity index (χ1n) is 5.08. The summed E-state index contributed by atoms with van der Waals surface area (Å²) >= 11 is 0. The van der Waals surface area contributed by atoms with Crippen LogP contribution in [0.15, 0.2) is 0 Å². The highest BCUT2D eigenvalue weighted by atomic mass is 16.5. The molecule has 4 nitrogen and oxygen atoms in total. The van der Waals surface area contributed by atoms with Crippen LogP contribution in [0.3, 0.4) is 0 Å². The zero-order chi connectivity index (χ0) is 12.1. The van der Waals surface area contributed by atoms with Crippen molar-refractivity contribution in [1.29, 1.82) is 0 Å². The fraction of sp³-hybridized carbons (Fsp3) is 0.818. The molecule has 0 saturated carbocycles. The monoisotopic (exact) mass is 213 g/mol. The van der Waals surface area contributed by atoms with Gasteiger partial charge in [0.2, 0.25) is 0 Å². The lowest BCUT2D eigenvalue weighted by Crippen LogP contribution is -2.38. The molecule has 0 aliphatic heterocycles. The van der Waals surface area contributed by atoms with E-state index in [0.717, 1.165) is 0 Å². The van der Waals surface area contributed by atoms with Crippen LogP contribution in [-0.4, -0.2) is 25.7 Å². The molecule has 0 aromatic carbocycles. The lowest BCUT2D eigenvalue weighted by Gasteiger charge is -2.17. The van der Waals surface area contributed by atoms with Crippen LogP contribution < -0.4 is 5.73 Å². The molecule has 0 bridgehead atoms. The van der Waals surface area contributed by atoms with Gasteiger partial charge in [0.05, 0.1) is 0 Å². The normalized spacial score (nSPS) is 13.0. The Morgan fingerprint density at radius 2 is 2.07 bits per heavy atom. The van der Waals surface area contributed by atoms with E-state index in [0.29, 0.717) is 0 Å². The molecule has 0 aromatic rings. The minimum atomic E-state index is -0.556. The SMILES string of the molecule is C[N+]#CC(C)(C)COC(=O)C(N)C(C)C. The van der Waals surface area contributed by atoms with E-state index in [1.165, 1.54) is 0 Å². The first kappa shape index (κ1) is 13.9. The summed E-state index contributed by atoms with van der Waals surface area (Å²) in [5.41, 5.74) is 5.28. The van der Waals surface area contributed by atoms with E-state index >= 15 is 0 Å². The van der Waals surface area contributed by atoms with Gasteiger partial charge in [-0.05, 0) is 19.8 Å². The summed E-state index contributed by atoms with van der Waals surface area (Å²) in [5, 5.41) is 0. The molecule has 1 atom stereocenters. The quantitative estimate of drug-likeness (QED) is 0.720. The average molecular weight is 213 g/mol. The van der Waals surface area contributed by atoms with Crippen molar-refractivity contribution in [3.05, 3.63) is 4.85 Å². The predicted octanol–water partition coefficient (Wildman–Crippen LogP) is 1.50. The molecule has 0 saturated heterocycles. The molecule has 0 fully saturated rings. The molecule has 86 valence electrons. The van der Waals surface area contributed by atoms with E-state index in [1.54, 1.807) is 7.05 Å². The first-order chi connectivity index (χ1) is 6.80. The molecular formula is C11H21N2O2+. The van der Waals surface area contributed by atoms with Crippen molar-refractivity contribution in [3.63, 3.8) is 0 Å². The van der Waals surface area contributed by atoms with E-state index < -0.39 is 6.04 Å². The van der Waals surface area contributed by atoms with Crippen LogP contribution in [0.4, 0.5) is 0 Å². The summed E-state index contributed by atoms with van der Waals surface area (Å²) < 4.78 is 5.10. The Labute approximate surface area is 91.6 Å². The van der Waals surface area contributed by atoms with Gasteiger partial charge in [0.1, 0.15) is 18.1 Å². The van der Waals surface area contributed by atoms with E-state index in [4.69, 9.17) is 10.5 Å². The number of esters is 1. The smallest absolute Gasteiger partial charge is 0.323 e. The van der Waals surface area contributed by atoms with Gasteiger partial charge in [-0.15, -0.1) is 0 Å². The average Bonchev–Trinajstić information content (AvgIpc) is 2.13. The van der Waals surface area contributed by atoms with Crippen LogP contribution in [-0.2, 0) is 9.53 Å². The van der Waals surface area contributed by atoms with Crippen LogP contribution in [0.2, 0.25) is 0 Å². The van der Waals surface area contributed by atoms with Gasteiger partial charge < -0.3 is 10.5 Å². The molecular weight excluding hydrogens is 192 g/mol. The summed E-state index contributed by atoms with van der Waals surface area (Å²) in [4.78, 5) is 15.2. The van der Waals surface area contributed by atoms with Crippen molar-refractivity contribution < 1.29 is 9.53 Å². The fourth-order valence-electron chi connectivity index (χ4n) is 0.955. The Morgan fingerprint density at radius 1 is 1.53 bits per heavy atom. The van der Waals surface area contributed by atoms with Crippen LogP contribution in [0.1, 0.15) is 27.7 Å². The first-order valence-corrected chi connectivity index (χ1v) is 5.08. The third-order valence-corrected chi connectivity index (χ3v) is 1.98. The summed E-state index contributed by atoms with van der Waals surface area (Å²) in [6.07, 6.45) is 0. The largest absolute Gasteiger partial charge is 0.463 e. The van der Waals surface area contributed by atoms with E-state index in [-0.39, 0.29) is 23.9 Å². The molecule has 2 N–H and O–H groups in total. The van der Waals surface area contributed by atoms with Gasteiger partial charge in [0.25, 0.3) is 13.1 Å². The van der Waals surface area contributed by atoms with Gasteiger partial charge in [-0.1, -0.05) is 18.7 Å². The van der Waals surface area contributed by atoms with Gasteiger partial charge in [-0.3, -0.25) is 4.79 Å². The number of carbonyl (C=O) groups is 1.